The lowest BCUT2D eigenvalue weighted by Gasteiger charge is -2.34. The van der Waals surface area contributed by atoms with Gasteiger partial charge in [-0.25, -0.2) is 18.6 Å². The van der Waals surface area contributed by atoms with Gasteiger partial charge in [0.2, 0.25) is 0 Å². The number of hydrogen-bond donors (Lipinski definition) is 1. The zero-order valence-corrected chi connectivity index (χ0v) is 16.2. The van der Waals surface area contributed by atoms with E-state index in [-0.39, 0.29) is 18.6 Å². The lowest BCUT2D eigenvalue weighted by molar-refractivity contribution is 0.0985. The first kappa shape index (κ1) is 19.1. The Morgan fingerprint density at radius 1 is 1.21 bits per heavy atom. The van der Waals surface area contributed by atoms with Crippen molar-refractivity contribution in [3.63, 3.8) is 0 Å². The number of urea groups is 1. The topological polar surface area (TPSA) is 53.4 Å². The zero-order valence-electron chi connectivity index (χ0n) is 16.2. The Morgan fingerprint density at radius 3 is 2.71 bits per heavy atom. The van der Waals surface area contributed by atoms with Crippen molar-refractivity contribution >= 4 is 17.1 Å². The summed E-state index contributed by atoms with van der Waals surface area (Å²) in [6.07, 6.45) is 0.180. The highest BCUT2D eigenvalue weighted by atomic mass is 19.3. The van der Waals surface area contributed by atoms with Gasteiger partial charge in [-0.1, -0.05) is 12.1 Å². The minimum atomic E-state index is -2.32. The molecule has 0 bridgehead atoms. The van der Waals surface area contributed by atoms with Crippen molar-refractivity contribution < 1.29 is 13.6 Å². The van der Waals surface area contributed by atoms with Crippen molar-refractivity contribution in [2.24, 2.45) is 0 Å². The van der Waals surface area contributed by atoms with Crippen LogP contribution in [-0.2, 0) is 0 Å². The fraction of sp³-hybridized carbons (Fsp3) is 0.600. The monoisotopic (exact) mass is 391 g/mol. The number of rotatable bonds is 4. The SMILES string of the molecule is Cc1nc2ccccc2n1C1CCN(C(=O)NC2CCN(CC(F)F)C2)CC1. The van der Waals surface area contributed by atoms with Gasteiger partial charge in [0.1, 0.15) is 5.82 Å². The molecule has 1 atom stereocenters. The highest BCUT2D eigenvalue weighted by molar-refractivity contribution is 5.76. The molecule has 2 aliphatic rings. The van der Waals surface area contributed by atoms with E-state index in [9.17, 15) is 13.6 Å². The van der Waals surface area contributed by atoms with Gasteiger partial charge in [-0.3, -0.25) is 4.90 Å². The van der Waals surface area contributed by atoms with Gasteiger partial charge in [-0.05, 0) is 38.3 Å². The van der Waals surface area contributed by atoms with Gasteiger partial charge >= 0.3 is 6.03 Å². The predicted octanol–water partition coefficient (Wildman–Crippen LogP) is 3.03. The van der Waals surface area contributed by atoms with Crippen LogP contribution in [0.25, 0.3) is 11.0 Å². The average Bonchev–Trinajstić information content (AvgIpc) is 3.24. The molecule has 1 aromatic carbocycles. The molecule has 1 unspecified atom stereocenters. The number of nitrogens with zero attached hydrogens (tertiary/aromatic N) is 4. The number of halogens is 2. The second-order valence-corrected chi connectivity index (χ2v) is 7.82. The number of carbonyl (C=O) groups excluding carboxylic acids is 1. The normalized spacial score (nSPS) is 21.7. The Bertz CT molecular complexity index is 831. The Hall–Kier alpha value is -2.22. The molecule has 152 valence electrons. The maximum absolute atomic E-state index is 12.6. The molecule has 2 aliphatic heterocycles. The molecular formula is C20H27F2N5O. The first-order valence-corrected chi connectivity index (χ1v) is 10.0. The smallest absolute Gasteiger partial charge is 0.317 e. The number of benzene rings is 1. The molecule has 1 aromatic heterocycles. The molecule has 8 heteroatoms. The molecule has 4 rings (SSSR count). The van der Waals surface area contributed by atoms with Gasteiger partial charge in [-0.2, -0.15) is 0 Å². The van der Waals surface area contributed by atoms with Crippen molar-refractivity contribution in [2.75, 3.05) is 32.7 Å². The van der Waals surface area contributed by atoms with Crippen LogP contribution in [0.15, 0.2) is 24.3 Å². The number of para-hydroxylation sites is 2. The molecule has 1 N–H and O–H groups in total. The third-order valence-corrected chi connectivity index (χ3v) is 5.89. The van der Waals surface area contributed by atoms with Crippen molar-refractivity contribution in [1.82, 2.24) is 24.7 Å². The number of aryl methyl sites for hydroxylation is 1. The number of imidazole rings is 1. The van der Waals surface area contributed by atoms with Crippen LogP contribution in [0.3, 0.4) is 0 Å². The fourth-order valence-electron chi connectivity index (χ4n) is 4.53. The lowest BCUT2D eigenvalue weighted by atomic mass is 10.0. The van der Waals surface area contributed by atoms with Gasteiger partial charge in [0, 0.05) is 38.3 Å². The van der Waals surface area contributed by atoms with Gasteiger partial charge < -0.3 is 14.8 Å². The third kappa shape index (κ3) is 3.97. The number of piperidine rings is 1. The summed E-state index contributed by atoms with van der Waals surface area (Å²) < 4.78 is 27.3. The molecule has 2 saturated heterocycles. The quantitative estimate of drug-likeness (QED) is 0.872. The number of aromatic nitrogens is 2. The largest absolute Gasteiger partial charge is 0.334 e. The summed E-state index contributed by atoms with van der Waals surface area (Å²) >= 11 is 0. The number of nitrogens with one attached hydrogen (secondary N) is 1. The van der Waals surface area contributed by atoms with Gasteiger partial charge in [0.05, 0.1) is 17.6 Å². The Morgan fingerprint density at radius 2 is 1.96 bits per heavy atom. The fourth-order valence-corrected chi connectivity index (χ4v) is 4.53. The number of hydrogen-bond acceptors (Lipinski definition) is 3. The van der Waals surface area contributed by atoms with Crippen LogP contribution in [-0.4, -0.2) is 70.6 Å². The number of alkyl halides is 2. The van der Waals surface area contributed by atoms with E-state index in [0.717, 1.165) is 36.1 Å². The van der Waals surface area contributed by atoms with Crippen LogP contribution in [0.1, 0.15) is 31.1 Å². The van der Waals surface area contributed by atoms with Crippen molar-refractivity contribution in [3.8, 4) is 0 Å². The van der Waals surface area contributed by atoms with E-state index in [1.807, 2.05) is 30.0 Å². The number of fused-ring (bicyclic) bond motifs is 1. The van der Waals surface area contributed by atoms with E-state index in [1.165, 1.54) is 0 Å². The molecule has 0 aliphatic carbocycles. The van der Waals surface area contributed by atoms with E-state index in [4.69, 9.17) is 0 Å². The molecule has 2 amide bonds. The van der Waals surface area contributed by atoms with Gasteiger partial charge in [0.15, 0.2) is 0 Å². The number of amides is 2. The Kier molecular flexibility index (Phi) is 5.48. The van der Waals surface area contributed by atoms with E-state index < -0.39 is 6.43 Å². The van der Waals surface area contributed by atoms with Crippen LogP contribution in [0.4, 0.5) is 13.6 Å². The lowest BCUT2D eigenvalue weighted by Crippen LogP contribution is -2.48. The molecule has 2 fully saturated rings. The Labute approximate surface area is 163 Å². The first-order chi connectivity index (χ1) is 13.5. The van der Waals surface area contributed by atoms with Crippen molar-refractivity contribution in [3.05, 3.63) is 30.1 Å². The van der Waals surface area contributed by atoms with Crippen LogP contribution in [0, 0.1) is 6.92 Å². The standard InChI is InChI=1S/C20H27F2N5O/c1-14-23-17-4-2-3-5-18(17)27(14)16-7-10-26(11-8-16)20(28)24-15-6-9-25(12-15)13-19(21)22/h2-5,15-16,19H,6-13H2,1H3,(H,24,28). The predicted molar refractivity (Wildman–Crippen MR) is 104 cm³/mol. The molecule has 0 radical (unpaired) electrons. The Balaban J connectivity index is 1.32. The second-order valence-electron chi connectivity index (χ2n) is 7.82. The molecule has 6 nitrogen and oxygen atoms in total. The molecular weight excluding hydrogens is 364 g/mol. The van der Waals surface area contributed by atoms with E-state index in [2.05, 4.69) is 20.9 Å². The van der Waals surface area contributed by atoms with Crippen LogP contribution < -0.4 is 5.32 Å². The van der Waals surface area contributed by atoms with Crippen molar-refractivity contribution in [2.45, 2.75) is 44.7 Å². The molecule has 28 heavy (non-hydrogen) atoms. The highest BCUT2D eigenvalue weighted by Crippen LogP contribution is 2.28. The second kappa shape index (κ2) is 8.03. The maximum atomic E-state index is 12.6. The number of carbonyl (C=O) groups is 1. The van der Waals surface area contributed by atoms with Gasteiger partial charge in [0.25, 0.3) is 6.43 Å². The third-order valence-electron chi connectivity index (χ3n) is 5.89. The first-order valence-electron chi connectivity index (χ1n) is 10.0. The summed E-state index contributed by atoms with van der Waals surface area (Å²) in [6, 6.07) is 8.38. The summed E-state index contributed by atoms with van der Waals surface area (Å²) in [5.41, 5.74) is 2.16. The minimum absolute atomic E-state index is 0.0381. The minimum Gasteiger partial charge on any atom is -0.334 e. The van der Waals surface area contributed by atoms with E-state index in [1.54, 1.807) is 4.90 Å². The average molecular weight is 391 g/mol. The van der Waals surface area contributed by atoms with Crippen LogP contribution in [0.2, 0.25) is 0 Å². The summed E-state index contributed by atoms with van der Waals surface area (Å²) in [6.45, 7) is 4.32. The summed E-state index contributed by atoms with van der Waals surface area (Å²) in [5.74, 6) is 1.01. The van der Waals surface area contributed by atoms with E-state index >= 15 is 0 Å². The van der Waals surface area contributed by atoms with Gasteiger partial charge in [-0.15, -0.1) is 0 Å². The number of likely N-dealkylation sites (tertiary alicyclic amines) is 2. The molecule has 2 aromatic rings. The summed E-state index contributed by atoms with van der Waals surface area (Å²) in [5, 5.41) is 3.02. The zero-order chi connectivity index (χ0) is 19.7. The maximum Gasteiger partial charge on any atom is 0.317 e. The molecule has 3 heterocycles. The summed E-state index contributed by atoms with van der Waals surface area (Å²) in [7, 11) is 0. The molecule has 0 saturated carbocycles. The van der Waals surface area contributed by atoms with Crippen LogP contribution >= 0.6 is 0 Å². The van der Waals surface area contributed by atoms with Crippen LogP contribution in [0.5, 0.6) is 0 Å². The highest BCUT2D eigenvalue weighted by Gasteiger charge is 2.29. The van der Waals surface area contributed by atoms with Crippen molar-refractivity contribution in [1.29, 1.82) is 0 Å². The molecule has 0 spiro atoms. The van der Waals surface area contributed by atoms with E-state index in [0.29, 0.717) is 32.2 Å². The summed E-state index contributed by atoms with van der Waals surface area (Å²) in [4.78, 5) is 20.8.